The maximum Gasteiger partial charge on any atom is 0.336 e. The number of nitrogens with zero attached hydrogens (tertiary/aromatic N) is 1. The summed E-state index contributed by atoms with van der Waals surface area (Å²) in [5, 5.41) is 42.4. The molecule has 0 bridgehead atoms. The van der Waals surface area contributed by atoms with Crippen LogP contribution in [0.25, 0.3) is 0 Å². The van der Waals surface area contributed by atoms with Gasteiger partial charge in [-0.05, 0) is 0 Å². The van der Waals surface area contributed by atoms with Gasteiger partial charge in [-0.2, -0.15) is 5.06 Å². The zero-order valence-electron chi connectivity index (χ0n) is 10.6. The molecule has 1 heterocycles. The van der Waals surface area contributed by atoms with E-state index in [-0.39, 0.29) is 17.9 Å². The minimum Gasteiger partial charge on any atom is -0.481 e. The predicted octanol–water partition coefficient (Wildman–Crippen LogP) is -1.72. The summed E-state index contributed by atoms with van der Waals surface area (Å²) in [6.07, 6.45) is -1.99. The molecule has 11 heteroatoms. The van der Waals surface area contributed by atoms with Gasteiger partial charge >= 0.3 is 17.9 Å². The number of carboxylic acids is 3. The van der Waals surface area contributed by atoms with Crippen LogP contribution < -0.4 is 0 Å². The molecule has 0 radical (unpaired) electrons. The zero-order chi connectivity index (χ0) is 16.8. The SMILES string of the molecule is O=C(O)CC(O)(CC(=O)O)C(=O)O.O=C1CCC(=O)N1O. The van der Waals surface area contributed by atoms with Gasteiger partial charge in [-0.1, -0.05) is 0 Å². The molecule has 1 aliphatic heterocycles. The lowest BCUT2D eigenvalue weighted by Crippen LogP contribution is -2.42. The first kappa shape index (κ1) is 18.5. The van der Waals surface area contributed by atoms with E-state index in [1.807, 2.05) is 0 Å². The topological polar surface area (TPSA) is 190 Å². The van der Waals surface area contributed by atoms with Crippen molar-refractivity contribution in [3.8, 4) is 0 Å². The second-order valence-electron chi connectivity index (χ2n) is 4.08. The molecule has 0 saturated carbocycles. The van der Waals surface area contributed by atoms with E-state index in [1.165, 1.54) is 0 Å². The molecule has 11 nitrogen and oxygen atoms in total. The van der Waals surface area contributed by atoms with Gasteiger partial charge in [-0.3, -0.25) is 24.4 Å². The Kier molecular flexibility index (Phi) is 6.42. The number of carboxylic acid groups (broad SMARTS) is 3. The molecule has 1 rings (SSSR count). The molecule has 5 N–H and O–H groups in total. The largest absolute Gasteiger partial charge is 0.481 e. The summed E-state index contributed by atoms with van der Waals surface area (Å²) >= 11 is 0. The van der Waals surface area contributed by atoms with Gasteiger partial charge in [0.15, 0.2) is 5.60 Å². The van der Waals surface area contributed by atoms with Gasteiger partial charge in [0.2, 0.25) is 0 Å². The normalized spacial score (nSPS) is 14.5. The Labute approximate surface area is 117 Å². The summed E-state index contributed by atoms with van der Waals surface area (Å²) in [4.78, 5) is 51.0. The van der Waals surface area contributed by atoms with Crippen LogP contribution >= 0.6 is 0 Å². The van der Waals surface area contributed by atoms with Crippen molar-refractivity contribution in [3.05, 3.63) is 0 Å². The number of rotatable bonds is 5. The van der Waals surface area contributed by atoms with Gasteiger partial charge in [0, 0.05) is 12.8 Å². The number of carbonyl (C=O) groups excluding carboxylic acids is 2. The number of imide groups is 1. The lowest BCUT2D eigenvalue weighted by atomic mass is 9.96. The van der Waals surface area contributed by atoms with Crippen LogP contribution in [-0.2, 0) is 24.0 Å². The Bertz CT molecular complexity index is 438. The maximum atomic E-state index is 10.3. The Hall–Kier alpha value is -2.53. The lowest BCUT2D eigenvalue weighted by Gasteiger charge is -2.18. The standard InChI is InChI=1S/C6H8O7.C4H5NO3/c7-3(8)1-6(13,5(11)12)2-4(9)10;6-3-1-2-4(7)5(3)8/h13H,1-2H2,(H,7,8)(H,9,10)(H,11,12);8H,1-2H2. The number of carbonyl (C=O) groups is 5. The van der Waals surface area contributed by atoms with E-state index in [1.54, 1.807) is 0 Å². The highest BCUT2D eigenvalue weighted by molar-refractivity contribution is 6.00. The summed E-state index contributed by atoms with van der Waals surface area (Å²) in [5.41, 5.74) is -2.74. The van der Waals surface area contributed by atoms with Crippen LogP contribution in [-0.4, -0.2) is 66.0 Å². The predicted molar refractivity (Wildman–Crippen MR) is 60.0 cm³/mol. The Morgan fingerprint density at radius 2 is 1.29 bits per heavy atom. The number of hydroxylamine groups is 2. The van der Waals surface area contributed by atoms with Crippen LogP contribution in [0.4, 0.5) is 0 Å². The molecule has 0 unspecified atom stereocenters. The molecular formula is C10H13NO10. The summed E-state index contributed by atoms with van der Waals surface area (Å²) in [6.45, 7) is 0. The van der Waals surface area contributed by atoms with Crippen LogP contribution in [0, 0.1) is 0 Å². The number of hydrogen-bond donors (Lipinski definition) is 5. The first-order valence-corrected chi connectivity index (χ1v) is 5.43. The molecule has 2 amide bonds. The Balaban J connectivity index is 0.000000423. The summed E-state index contributed by atoms with van der Waals surface area (Å²) in [5.74, 6) is -6.03. The van der Waals surface area contributed by atoms with Crippen LogP contribution in [0.2, 0.25) is 0 Å². The van der Waals surface area contributed by atoms with E-state index in [2.05, 4.69) is 0 Å². The van der Waals surface area contributed by atoms with Crippen LogP contribution in [0.1, 0.15) is 25.7 Å². The molecule has 0 aliphatic carbocycles. The van der Waals surface area contributed by atoms with Crippen molar-refractivity contribution in [1.29, 1.82) is 0 Å². The number of aliphatic hydroxyl groups is 1. The fourth-order valence-electron chi connectivity index (χ4n) is 1.28. The zero-order valence-corrected chi connectivity index (χ0v) is 10.6. The molecule has 118 valence electrons. The van der Waals surface area contributed by atoms with Gasteiger partial charge in [0.1, 0.15) is 0 Å². The van der Waals surface area contributed by atoms with Crippen LogP contribution in [0.5, 0.6) is 0 Å². The maximum absolute atomic E-state index is 10.3. The second-order valence-corrected chi connectivity index (χ2v) is 4.08. The average molecular weight is 307 g/mol. The quantitative estimate of drug-likeness (QED) is 0.288. The smallest absolute Gasteiger partial charge is 0.336 e. The van der Waals surface area contributed by atoms with Crippen molar-refractivity contribution in [2.75, 3.05) is 0 Å². The van der Waals surface area contributed by atoms with Gasteiger partial charge < -0.3 is 20.4 Å². The first-order valence-electron chi connectivity index (χ1n) is 5.43. The molecule has 1 fully saturated rings. The van der Waals surface area contributed by atoms with E-state index in [9.17, 15) is 24.0 Å². The fraction of sp³-hybridized carbons (Fsp3) is 0.500. The van der Waals surface area contributed by atoms with Gasteiger partial charge in [0.05, 0.1) is 12.8 Å². The molecule has 1 aliphatic rings. The van der Waals surface area contributed by atoms with E-state index >= 15 is 0 Å². The summed E-state index contributed by atoms with van der Waals surface area (Å²) < 4.78 is 0. The molecule has 0 aromatic carbocycles. The lowest BCUT2D eigenvalue weighted by molar-refractivity contribution is -0.171. The fourth-order valence-corrected chi connectivity index (χ4v) is 1.28. The van der Waals surface area contributed by atoms with Crippen LogP contribution in [0.15, 0.2) is 0 Å². The molecule has 0 aromatic heterocycles. The molecular weight excluding hydrogens is 294 g/mol. The van der Waals surface area contributed by atoms with Crippen molar-refractivity contribution >= 4 is 29.7 Å². The third-order valence-electron chi connectivity index (χ3n) is 2.31. The third kappa shape index (κ3) is 5.97. The average Bonchev–Trinajstić information content (AvgIpc) is 2.59. The minimum absolute atomic E-state index is 0.148. The highest BCUT2D eigenvalue weighted by atomic mass is 16.5. The molecule has 0 spiro atoms. The minimum atomic E-state index is -2.74. The van der Waals surface area contributed by atoms with Crippen molar-refractivity contribution in [2.24, 2.45) is 0 Å². The number of hydrogen-bond acceptors (Lipinski definition) is 7. The summed E-state index contributed by atoms with van der Waals surface area (Å²) in [7, 11) is 0. The van der Waals surface area contributed by atoms with E-state index < -0.39 is 48.2 Å². The van der Waals surface area contributed by atoms with E-state index in [0.29, 0.717) is 0 Å². The molecule has 21 heavy (non-hydrogen) atoms. The molecule has 0 aromatic rings. The van der Waals surface area contributed by atoms with Crippen molar-refractivity contribution in [1.82, 2.24) is 5.06 Å². The van der Waals surface area contributed by atoms with E-state index in [0.717, 1.165) is 0 Å². The van der Waals surface area contributed by atoms with Crippen molar-refractivity contribution in [2.45, 2.75) is 31.3 Å². The van der Waals surface area contributed by atoms with Crippen molar-refractivity contribution < 1.29 is 49.6 Å². The monoisotopic (exact) mass is 307 g/mol. The summed E-state index contributed by atoms with van der Waals surface area (Å²) in [6, 6.07) is 0. The van der Waals surface area contributed by atoms with Crippen LogP contribution in [0.3, 0.4) is 0 Å². The van der Waals surface area contributed by atoms with Crippen molar-refractivity contribution in [3.63, 3.8) is 0 Å². The van der Waals surface area contributed by atoms with E-state index in [4.69, 9.17) is 25.6 Å². The second kappa shape index (κ2) is 7.31. The van der Waals surface area contributed by atoms with Gasteiger partial charge in [-0.15, -0.1) is 0 Å². The highest BCUT2D eigenvalue weighted by Gasteiger charge is 2.40. The first-order chi connectivity index (χ1) is 9.49. The highest BCUT2D eigenvalue weighted by Crippen LogP contribution is 2.15. The number of amides is 2. The van der Waals surface area contributed by atoms with Gasteiger partial charge in [-0.25, -0.2) is 4.79 Å². The Morgan fingerprint density at radius 1 is 0.952 bits per heavy atom. The molecule has 0 atom stereocenters. The molecule has 1 saturated heterocycles. The van der Waals surface area contributed by atoms with Gasteiger partial charge in [0.25, 0.3) is 11.8 Å². The third-order valence-corrected chi connectivity index (χ3v) is 2.31. The number of aliphatic carboxylic acids is 3. The Morgan fingerprint density at radius 3 is 1.43 bits per heavy atom.